The highest BCUT2D eigenvalue weighted by atomic mass is 32.2. The first-order valence-corrected chi connectivity index (χ1v) is 13.3. The van der Waals surface area contributed by atoms with Gasteiger partial charge in [-0.05, 0) is 49.6 Å². The minimum absolute atomic E-state index is 0.0390. The minimum Gasteiger partial charge on any atom is -0.497 e. The maximum absolute atomic E-state index is 14.5. The molecule has 2 amide bonds. The molecule has 0 saturated carbocycles. The molecule has 0 radical (unpaired) electrons. The van der Waals surface area contributed by atoms with E-state index in [2.05, 4.69) is 5.32 Å². The van der Waals surface area contributed by atoms with E-state index in [9.17, 15) is 22.4 Å². The summed E-state index contributed by atoms with van der Waals surface area (Å²) in [7, 11) is -2.48. The van der Waals surface area contributed by atoms with Crippen LogP contribution >= 0.6 is 0 Å². The summed E-state index contributed by atoms with van der Waals surface area (Å²) in [6.45, 7) is 4.96. The van der Waals surface area contributed by atoms with Crippen LogP contribution in [0.15, 0.2) is 48.5 Å². The van der Waals surface area contributed by atoms with Gasteiger partial charge in [0.05, 0.1) is 19.1 Å². The van der Waals surface area contributed by atoms with E-state index in [0.717, 1.165) is 16.6 Å². The number of hydrogen-bond acceptors (Lipinski definition) is 5. The monoisotopic (exact) mass is 507 g/mol. The number of para-hydroxylation sites is 1. The molecule has 2 atom stereocenters. The van der Waals surface area contributed by atoms with Crippen LogP contribution in [-0.4, -0.2) is 57.1 Å². The van der Waals surface area contributed by atoms with Gasteiger partial charge >= 0.3 is 0 Å². The number of sulfonamides is 1. The van der Waals surface area contributed by atoms with Crippen LogP contribution in [0.25, 0.3) is 0 Å². The van der Waals surface area contributed by atoms with Crippen molar-refractivity contribution in [2.75, 3.05) is 24.2 Å². The lowest BCUT2D eigenvalue weighted by atomic mass is 10.1. The van der Waals surface area contributed by atoms with Crippen LogP contribution < -0.4 is 14.4 Å². The number of methoxy groups -OCH3 is 1. The Morgan fingerprint density at radius 1 is 1.09 bits per heavy atom. The zero-order valence-corrected chi connectivity index (χ0v) is 21.6. The second-order valence-electron chi connectivity index (χ2n) is 8.34. The smallest absolute Gasteiger partial charge is 0.244 e. The summed E-state index contributed by atoms with van der Waals surface area (Å²) < 4.78 is 45.5. The number of rotatable bonds is 12. The number of anilines is 1. The van der Waals surface area contributed by atoms with Crippen molar-refractivity contribution in [3.8, 4) is 5.75 Å². The largest absolute Gasteiger partial charge is 0.497 e. The minimum atomic E-state index is -4.00. The SMILES string of the molecule is CC[C@H](C)NC(=O)[C@H](CC)N(Cc1cccc(OC)c1)C(=O)CN(c1ccccc1F)S(C)(=O)=O. The molecule has 0 saturated heterocycles. The number of nitrogens with zero attached hydrogens (tertiary/aromatic N) is 2. The van der Waals surface area contributed by atoms with Crippen molar-refractivity contribution >= 4 is 27.5 Å². The lowest BCUT2D eigenvalue weighted by Gasteiger charge is -2.33. The molecule has 0 aliphatic rings. The summed E-state index contributed by atoms with van der Waals surface area (Å²) in [4.78, 5) is 28.0. The number of amides is 2. The number of benzene rings is 2. The lowest BCUT2D eigenvalue weighted by Crippen LogP contribution is -2.53. The molecule has 35 heavy (non-hydrogen) atoms. The number of ether oxygens (including phenoxy) is 1. The van der Waals surface area contributed by atoms with E-state index in [4.69, 9.17) is 4.74 Å². The van der Waals surface area contributed by atoms with E-state index in [0.29, 0.717) is 24.2 Å². The Balaban J connectivity index is 2.47. The van der Waals surface area contributed by atoms with Crippen LogP contribution in [0.4, 0.5) is 10.1 Å². The molecule has 0 aliphatic heterocycles. The van der Waals surface area contributed by atoms with E-state index >= 15 is 0 Å². The third kappa shape index (κ3) is 7.68. The molecule has 0 spiro atoms. The van der Waals surface area contributed by atoms with Gasteiger partial charge in [-0.2, -0.15) is 0 Å². The van der Waals surface area contributed by atoms with Gasteiger partial charge in [0.25, 0.3) is 0 Å². The molecule has 192 valence electrons. The van der Waals surface area contributed by atoms with Gasteiger partial charge in [-0.1, -0.05) is 38.1 Å². The Morgan fingerprint density at radius 3 is 2.34 bits per heavy atom. The molecule has 0 unspecified atom stereocenters. The van der Waals surface area contributed by atoms with Crippen molar-refractivity contribution in [1.29, 1.82) is 0 Å². The van der Waals surface area contributed by atoms with Crippen molar-refractivity contribution in [2.24, 2.45) is 0 Å². The fourth-order valence-electron chi connectivity index (χ4n) is 3.58. The second kappa shape index (κ2) is 12.5. The first kappa shape index (κ1) is 28.1. The third-order valence-electron chi connectivity index (χ3n) is 5.67. The van der Waals surface area contributed by atoms with E-state index in [-0.39, 0.29) is 24.2 Å². The Morgan fingerprint density at radius 2 is 1.77 bits per heavy atom. The van der Waals surface area contributed by atoms with Crippen molar-refractivity contribution in [3.63, 3.8) is 0 Å². The average Bonchev–Trinajstić information content (AvgIpc) is 2.82. The Hall–Kier alpha value is -3.14. The van der Waals surface area contributed by atoms with Crippen molar-refractivity contribution in [1.82, 2.24) is 10.2 Å². The van der Waals surface area contributed by atoms with E-state index < -0.39 is 34.3 Å². The number of nitrogens with one attached hydrogen (secondary N) is 1. The topological polar surface area (TPSA) is 96.0 Å². The van der Waals surface area contributed by atoms with E-state index in [1.807, 2.05) is 13.8 Å². The summed E-state index contributed by atoms with van der Waals surface area (Å²) in [5, 5.41) is 2.90. The molecule has 1 N–H and O–H groups in total. The van der Waals surface area contributed by atoms with Crippen LogP contribution in [0.5, 0.6) is 5.75 Å². The molecular formula is C25H34FN3O5S. The Labute approximate surface area is 207 Å². The summed E-state index contributed by atoms with van der Waals surface area (Å²) in [6, 6.07) is 11.4. The predicted molar refractivity (Wildman–Crippen MR) is 134 cm³/mol. The summed E-state index contributed by atoms with van der Waals surface area (Å²) in [6.07, 6.45) is 1.92. The molecule has 2 aromatic carbocycles. The van der Waals surface area contributed by atoms with E-state index in [1.165, 1.54) is 30.2 Å². The van der Waals surface area contributed by atoms with Crippen LogP contribution in [-0.2, 0) is 26.2 Å². The number of halogens is 1. The maximum atomic E-state index is 14.5. The summed E-state index contributed by atoms with van der Waals surface area (Å²) >= 11 is 0. The second-order valence-corrected chi connectivity index (χ2v) is 10.2. The van der Waals surface area contributed by atoms with Crippen LogP contribution in [0.1, 0.15) is 39.2 Å². The normalized spacial score (nSPS) is 13.0. The van der Waals surface area contributed by atoms with Crippen LogP contribution in [0.3, 0.4) is 0 Å². The quantitative estimate of drug-likeness (QED) is 0.476. The van der Waals surface area contributed by atoms with Crippen molar-refractivity contribution < 1.29 is 27.1 Å². The van der Waals surface area contributed by atoms with E-state index in [1.54, 1.807) is 31.2 Å². The molecule has 0 fully saturated rings. The molecule has 0 aliphatic carbocycles. The van der Waals surface area contributed by atoms with Crippen molar-refractivity contribution in [2.45, 2.75) is 52.2 Å². The third-order valence-corrected chi connectivity index (χ3v) is 6.80. The van der Waals surface area contributed by atoms with Crippen molar-refractivity contribution in [3.05, 3.63) is 59.9 Å². The Bertz CT molecular complexity index is 1130. The zero-order valence-electron chi connectivity index (χ0n) is 20.8. The first-order chi connectivity index (χ1) is 16.5. The highest BCUT2D eigenvalue weighted by molar-refractivity contribution is 7.92. The number of carbonyl (C=O) groups is 2. The molecular weight excluding hydrogens is 473 g/mol. The van der Waals surface area contributed by atoms with Gasteiger partial charge in [-0.25, -0.2) is 12.8 Å². The molecule has 0 bridgehead atoms. The predicted octanol–water partition coefficient (Wildman–Crippen LogP) is 3.32. The molecule has 2 aromatic rings. The first-order valence-electron chi connectivity index (χ1n) is 11.5. The number of carbonyl (C=O) groups excluding carboxylic acids is 2. The Kier molecular flexibility index (Phi) is 10.1. The zero-order chi connectivity index (χ0) is 26.2. The van der Waals surface area contributed by atoms with Gasteiger partial charge in [0.2, 0.25) is 21.8 Å². The molecule has 0 aromatic heterocycles. The fourth-order valence-corrected chi connectivity index (χ4v) is 4.43. The molecule has 8 nitrogen and oxygen atoms in total. The molecule has 0 heterocycles. The molecule has 10 heteroatoms. The summed E-state index contributed by atoms with van der Waals surface area (Å²) in [5.41, 5.74) is 0.464. The highest BCUT2D eigenvalue weighted by Gasteiger charge is 2.32. The van der Waals surface area contributed by atoms with Gasteiger partial charge in [0, 0.05) is 12.6 Å². The van der Waals surface area contributed by atoms with Crippen LogP contribution in [0, 0.1) is 5.82 Å². The lowest BCUT2D eigenvalue weighted by molar-refractivity contribution is -0.140. The van der Waals surface area contributed by atoms with Gasteiger partial charge in [-0.3, -0.25) is 13.9 Å². The van der Waals surface area contributed by atoms with Gasteiger partial charge < -0.3 is 15.0 Å². The highest BCUT2D eigenvalue weighted by Crippen LogP contribution is 2.23. The number of hydrogen-bond donors (Lipinski definition) is 1. The van der Waals surface area contributed by atoms with Gasteiger partial charge in [0.1, 0.15) is 24.2 Å². The van der Waals surface area contributed by atoms with Crippen LogP contribution in [0.2, 0.25) is 0 Å². The van der Waals surface area contributed by atoms with Gasteiger partial charge in [-0.15, -0.1) is 0 Å². The standard InChI is InChI=1S/C25H34FN3O5S/c1-6-18(3)27-25(31)22(7-2)28(16-19-11-10-12-20(15-19)34-4)24(30)17-29(35(5,32)33)23-14-9-8-13-21(23)26/h8-15,18,22H,6-7,16-17H2,1-5H3,(H,27,31)/t18-,22-/m0/s1. The maximum Gasteiger partial charge on any atom is 0.244 e. The molecule has 2 rings (SSSR count). The summed E-state index contributed by atoms with van der Waals surface area (Å²) in [5.74, 6) is -1.16. The average molecular weight is 508 g/mol. The fraction of sp³-hybridized carbons (Fsp3) is 0.440. The van der Waals surface area contributed by atoms with Gasteiger partial charge in [0.15, 0.2) is 0 Å².